The normalized spacial score (nSPS) is 18.6. The maximum Gasteiger partial charge on any atom is 0.412 e. The number of benzene rings is 1. The van der Waals surface area contributed by atoms with E-state index in [1.165, 1.54) is 10.6 Å². The molecule has 3 aromatic rings. The summed E-state index contributed by atoms with van der Waals surface area (Å²) >= 11 is 6.18. The molecule has 2 aromatic heterocycles. The highest BCUT2D eigenvalue weighted by atomic mass is 35.5. The summed E-state index contributed by atoms with van der Waals surface area (Å²) in [6, 6.07) is 8.27. The average Bonchev–Trinajstić information content (AvgIpc) is 3.23. The fourth-order valence-electron chi connectivity index (χ4n) is 4.06. The smallest absolute Gasteiger partial charge is 0.412 e. The third-order valence-electron chi connectivity index (χ3n) is 5.95. The van der Waals surface area contributed by atoms with Gasteiger partial charge in [-0.3, -0.25) is 4.57 Å². The number of ether oxygens (including phenoxy) is 2. The first-order chi connectivity index (χ1) is 16.8. The number of amides is 1. The number of carbonyl (C=O) groups is 1. The average molecular weight is 506 g/mol. The largest absolute Gasteiger partial charge is 0.463 e. The van der Waals surface area contributed by atoms with E-state index in [4.69, 9.17) is 21.1 Å². The Bertz CT molecular complexity index is 1230. The summed E-state index contributed by atoms with van der Waals surface area (Å²) in [7, 11) is 0. The molecule has 0 saturated heterocycles. The number of halogens is 3. The molecule has 1 saturated carbocycles. The van der Waals surface area contributed by atoms with Gasteiger partial charge < -0.3 is 14.8 Å². The highest BCUT2D eigenvalue weighted by molar-refractivity contribution is 6.29. The van der Waals surface area contributed by atoms with Gasteiger partial charge in [-0.2, -0.15) is 9.97 Å². The number of rotatable bonds is 7. The van der Waals surface area contributed by atoms with Crippen LogP contribution in [0.4, 0.5) is 13.6 Å². The van der Waals surface area contributed by atoms with Gasteiger partial charge in [-0.25, -0.2) is 18.6 Å². The lowest BCUT2D eigenvalue weighted by Crippen LogP contribution is -2.38. The second-order valence-electron chi connectivity index (χ2n) is 8.39. The Hall–Kier alpha value is -3.27. The molecule has 2 heterocycles. The maximum atomic E-state index is 13.7. The molecule has 0 spiro atoms. The van der Waals surface area contributed by atoms with Gasteiger partial charge in [0.1, 0.15) is 16.7 Å². The van der Waals surface area contributed by atoms with Crippen LogP contribution in [0.25, 0.3) is 16.9 Å². The number of imidazole rings is 1. The number of para-hydroxylation sites is 2. The van der Waals surface area contributed by atoms with Crippen molar-refractivity contribution in [1.29, 1.82) is 0 Å². The molecule has 1 fully saturated rings. The van der Waals surface area contributed by atoms with Crippen molar-refractivity contribution in [2.75, 3.05) is 6.61 Å². The van der Waals surface area contributed by atoms with E-state index in [9.17, 15) is 13.6 Å². The van der Waals surface area contributed by atoms with Crippen LogP contribution < -0.4 is 10.1 Å². The Kier molecular flexibility index (Phi) is 7.80. The van der Waals surface area contributed by atoms with Gasteiger partial charge in [0, 0.05) is 12.1 Å². The van der Waals surface area contributed by atoms with Gasteiger partial charge in [-0.05, 0) is 63.7 Å². The molecule has 11 heteroatoms. The third-order valence-corrected chi connectivity index (χ3v) is 6.14. The fourth-order valence-corrected chi connectivity index (χ4v) is 4.23. The SMILES string of the molecule is C/C=C(\C)OC(=O)NC1CCC(COc2nc(Cl)cc(-n3c(C(F)F)nc4ccccc43)n2)CC1. The monoisotopic (exact) mass is 505 g/mol. The first-order valence-corrected chi connectivity index (χ1v) is 11.8. The molecule has 1 aromatic carbocycles. The lowest BCUT2D eigenvalue weighted by Gasteiger charge is -2.28. The molecule has 4 rings (SSSR count). The van der Waals surface area contributed by atoms with Gasteiger partial charge in [0.2, 0.25) is 0 Å². The molecule has 1 aliphatic rings. The number of hydrogen-bond donors (Lipinski definition) is 1. The summed E-state index contributed by atoms with van der Waals surface area (Å²) < 4.78 is 39.6. The Balaban J connectivity index is 1.41. The molecule has 35 heavy (non-hydrogen) atoms. The van der Waals surface area contributed by atoms with Gasteiger partial charge in [0.15, 0.2) is 5.82 Å². The molecule has 1 amide bonds. The van der Waals surface area contributed by atoms with Crippen LogP contribution in [0, 0.1) is 5.92 Å². The second-order valence-corrected chi connectivity index (χ2v) is 8.78. The molecule has 0 atom stereocenters. The van der Waals surface area contributed by atoms with E-state index in [0.717, 1.165) is 25.7 Å². The number of allylic oxidation sites excluding steroid dienone is 2. The zero-order valence-electron chi connectivity index (χ0n) is 19.4. The number of hydrogen-bond acceptors (Lipinski definition) is 6. The summed E-state index contributed by atoms with van der Waals surface area (Å²) in [5, 5.41) is 2.96. The highest BCUT2D eigenvalue weighted by Crippen LogP contribution is 2.29. The maximum absolute atomic E-state index is 13.7. The van der Waals surface area contributed by atoms with E-state index in [2.05, 4.69) is 20.3 Å². The van der Waals surface area contributed by atoms with Gasteiger partial charge in [-0.15, -0.1) is 0 Å². The molecular weight excluding hydrogens is 480 g/mol. The van der Waals surface area contributed by atoms with Crippen molar-refractivity contribution in [1.82, 2.24) is 24.8 Å². The Morgan fingerprint density at radius 1 is 1.23 bits per heavy atom. The van der Waals surface area contributed by atoms with Crippen LogP contribution in [0.1, 0.15) is 51.8 Å². The van der Waals surface area contributed by atoms with Gasteiger partial charge >= 0.3 is 12.1 Å². The molecule has 186 valence electrons. The van der Waals surface area contributed by atoms with Crippen molar-refractivity contribution in [3.8, 4) is 11.8 Å². The molecule has 0 unspecified atom stereocenters. The molecule has 0 bridgehead atoms. The number of alkyl halides is 2. The number of nitrogens with zero attached hydrogens (tertiary/aromatic N) is 4. The van der Waals surface area contributed by atoms with Crippen LogP contribution in [-0.4, -0.2) is 38.3 Å². The van der Waals surface area contributed by atoms with E-state index in [0.29, 0.717) is 23.4 Å². The first kappa shape index (κ1) is 24.8. The minimum Gasteiger partial charge on any atom is -0.463 e. The minimum atomic E-state index is -2.80. The minimum absolute atomic E-state index is 0.0103. The molecule has 0 radical (unpaired) electrons. The van der Waals surface area contributed by atoms with Crippen molar-refractivity contribution in [2.45, 2.75) is 52.0 Å². The summed E-state index contributed by atoms with van der Waals surface area (Å²) in [5.41, 5.74) is 0.910. The summed E-state index contributed by atoms with van der Waals surface area (Å²) in [6.07, 6.45) is 1.72. The quantitative estimate of drug-likeness (QED) is 0.313. The molecular formula is C24H26ClF2N5O3. The summed E-state index contributed by atoms with van der Waals surface area (Å²) in [4.78, 5) is 24.4. The van der Waals surface area contributed by atoms with Crippen LogP contribution >= 0.6 is 11.6 Å². The summed E-state index contributed by atoms with van der Waals surface area (Å²) in [5.74, 6) is 0.514. The fraction of sp³-hybridized carbons (Fsp3) is 0.417. The second kappa shape index (κ2) is 11.0. The Labute approximate surface area is 206 Å². The lowest BCUT2D eigenvalue weighted by atomic mass is 9.86. The zero-order valence-corrected chi connectivity index (χ0v) is 20.1. The van der Waals surface area contributed by atoms with Gasteiger partial charge in [-0.1, -0.05) is 23.7 Å². The molecule has 0 aliphatic heterocycles. The number of alkyl carbamates (subject to hydrolysis) is 1. The van der Waals surface area contributed by atoms with Crippen molar-refractivity contribution >= 4 is 28.7 Å². The van der Waals surface area contributed by atoms with Crippen molar-refractivity contribution in [3.63, 3.8) is 0 Å². The lowest BCUT2D eigenvalue weighted by molar-refractivity contribution is 0.138. The van der Waals surface area contributed by atoms with E-state index in [1.54, 1.807) is 44.2 Å². The zero-order chi connectivity index (χ0) is 24.9. The van der Waals surface area contributed by atoms with Crippen LogP contribution in [0.3, 0.4) is 0 Å². The Morgan fingerprint density at radius 3 is 2.69 bits per heavy atom. The van der Waals surface area contributed by atoms with Crippen LogP contribution in [0.5, 0.6) is 6.01 Å². The standard InChI is InChI=1S/C24H26ClF2N5O3/c1-3-14(2)35-24(33)28-16-10-8-15(9-11-16)13-34-23-30-19(25)12-20(31-23)32-18-7-5-4-6-17(18)29-22(32)21(26)27/h3-7,12,15-16,21H,8-11,13H2,1-2H3,(H,28,33)/b14-3+. The predicted octanol–water partition coefficient (Wildman–Crippen LogP) is 5.99. The number of carbonyl (C=O) groups excluding carboxylic acids is 1. The summed E-state index contributed by atoms with van der Waals surface area (Å²) in [6.45, 7) is 3.87. The van der Waals surface area contributed by atoms with Crippen LogP contribution in [0.2, 0.25) is 5.15 Å². The first-order valence-electron chi connectivity index (χ1n) is 11.4. The highest BCUT2D eigenvalue weighted by Gasteiger charge is 2.25. The molecule has 1 N–H and O–H groups in total. The van der Waals surface area contributed by atoms with Gasteiger partial charge in [0.05, 0.1) is 17.6 Å². The van der Waals surface area contributed by atoms with E-state index < -0.39 is 18.3 Å². The topological polar surface area (TPSA) is 91.2 Å². The van der Waals surface area contributed by atoms with Crippen molar-refractivity contribution in [3.05, 3.63) is 53.1 Å². The Morgan fingerprint density at radius 2 is 1.97 bits per heavy atom. The van der Waals surface area contributed by atoms with Crippen LogP contribution in [-0.2, 0) is 4.74 Å². The van der Waals surface area contributed by atoms with E-state index in [-0.39, 0.29) is 28.9 Å². The van der Waals surface area contributed by atoms with Gasteiger partial charge in [0.25, 0.3) is 6.43 Å². The number of nitrogens with one attached hydrogen (secondary N) is 1. The van der Waals surface area contributed by atoms with Crippen molar-refractivity contribution in [2.24, 2.45) is 5.92 Å². The predicted molar refractivity (Wildman–Crippen MR) is 127 cm³/mol. The van der Waals surface area contributed by atoms with E-state index in [1.807, 2.05) is 0 Å². The van der Waals surface area contributed by atoms with Crippen LogP contribution in [0.15, 0.2) is 42.2 Å². The third kappa shape index (κ3) is 6.05. The van der Waals surface area contributed by atoms with E-state index >= 15 is 0 Å². The molecule has 8 nitrogen and oxygen atoms in total. The molecule has 1 aliphatic carbocycles. The number of fused-ring (bicyclic) bond motifs is 1. The number of aromatic nitrogens is 4. The van der Waals surface area contributed by atoms with Crippen molar-refractivity contribution < 1.29 is 23.0 Å².